The van der Waals surface area contributed by atoms with E-state index in [9.17, 15) is 14.7 Å². The van der Waals surface area contributed by atoms with E-state index in [0.29, 0.717) is 18.9 Å². The lowest BCUT2D eigenvalue weighted by Crippen LogP contribution is -2.36. The highest BCUT2D eigenvalue weighted by Crippen LogP contribution is 2.18. The highest BCUT2D eigenvalue weighted by Gasteiger charge is 2.19. The third kappa shape index (κ3) is 3.54. The first-order valence-corrected chi connectivity index (χ1v) is 9.04. The molecular formula is C20H20N4O4. The molecular weight excluding hydrogens is 360 g/mol. The van der Waals surface area contributed by atoms with Crippen molar-refractivity contribution in [3.63, 3.8) is 0 Å². The standard InChI is InChI=1S/C20H20N4O4/c25-18-17(19(26)21-12-14-4-2-1-3-5-14)22-16-7-6-15(13-24(16)20(18)27)23-8-10-28-11-9-23/h1-7,13,25H,8-12H2,(H,21,26). The first kappa shape index (κ1) is 18.0. The van der Waals surface area contributed by atoms with E-state index in [1.165, 1.54) is 4.40 Å². The van der Waals surface area contributed by atoms with Crippen molar-refractivity contribution in [2.24, 2.45) is 0 Å². The lowest BCUT2D eigenvalue weighted by molar-refractivity contribution is 0.0942. The Morgan fingerprint density at radius 2 is 1.89 bits per heavy atom. The molecule has 1 aliphatic heterocycles. The van der Waals surface area contributed by atoms with E-state index in [1.807, 2.05) is 36.4 Å². The Morgan fingerprint density at radius 3 is 2.64 bits per heavy atom. The Bertz CT molecular complexity index is 1060. The lowest BCUT2D eigenvalue weighted by atomic mass is 10.2. The van der Waals surface area contributed by atoms with E-state index in [-0.39, 0.29) is 12.2 Å². The summed E-state index contributed by atoms with van der Waals surface area (Å²) in [4.78, 5) is 31.3. The van der Waals surface area contributed by atoms with Crippen LogP contribution in [0.2, 0.25) is 0 Å². The fourth-order valence-electron chi connectivity index (χ4n) is 3.15. The molecule has 2 aromatic heterocycles. The third-order valence-electron chi connectivity index (χ3n) is 4.67. The first-order chi connectivity index (χ1) is 13.6. The molecule has 144 valence electrons. The monoisotopic (exact) mass is 380 g/mol. The van der Waals surface area contributed by atoms with Gasteiger partial charge >= 0.3 is 5.56 Å². The maximum atomic E-state index is 12.6. The van der Waals surface area contributed by atoms with Gasteiger partial charge < -0.3 is 20.1 Å². The molecule has 1 amide bonds. The fraction of sp³-hybridized carbons (Fsp3) is 0.250. The zero-order valence-electron chi connectivity index (χ0n) is 15.2. The molecule has 1 saturated heterocycles. The fourth-order valence-corrected chi connectivity index (χ4v) is 3.15. The van der Waals surface area contributed by atoms with E-state index in [2.05, 4.69) is 15.2 Å². The van der Waals surface area contributed by atoms with Crippen LogP contribution in [0.4, 0.5) is 5.69 Å². The third-order valence-corrected chi connectivity index (χ3v) is 4.67. The van der Waals surface area contributed by atoms with Gasteiger partial charge in [0.05, 0.1) is 18.9 Å². The summed E-state index contributed by atoms with van der Waals surface area (Å²) in [6.45, 7) is 2.96. The van der Waals surface area contributed by atoms with Crippen molar-refractivity contribution in [2.45, 2.75) is 6.54 Å². The number of pyridine rings is 1. The molecule has 8 nitrogen and oxygen atoms in total. The van der Waals surface area contributed by atoms with Gasteiger partial charge in [0.25, 0.3) is 5.91 Å². The minimum Gasteiger partial charge on any atom is -0.501 e. The van der Waals surface area contributed by atoms with Crippen LogP contribution in [0.3, 0.4) is 0 Å². The van der Waals surface area contributed by atoms with Gasteiger partial charge in [-0.2, -0.15) is 0 Å². The van der Waals surface area contributed by atoms with Crippen molar-refractivity contribution in [1.29, 1.82) is 0 Å². The van der Waals surface area contributed by atoms with Crippen LogP contribution in [0.1, 0.15) is 16.1 Å². The van der Waals surface area contributed by atoms with Crippen LogP contribution in [-0.4, -0.2) is 46.7 Å². The summed E-state index contributed by atoms with van der Waals surface area (Å²) in [7, 11) is 0. The number of nitrogens with one attached hydrogen (secondary N) is 1. The second kappa shape index (κ2) is 7.69. The molecule has 0 radical (unpaired) electrons. The number of hydrogen-bond donors (Lipinski definition) is 2. The molecule has 0 unspecified atom stereocenters. The number of ether oxygens (including phenoxy) is 1. The van der Waals surface area contributed by atoms with Gasteiger partial charge in [0.1, 0.15) is 5.65 Å². The van der Waals surface area contributed by atoms with Crippen molar-refractivity contribution in [3.05, 3.63) is 70.3 Å². The Labute approximate surface area is 161 Å². The zero-order valence-corrected chi connectivity index (χ0v) is 15.2. The number of carbonyl (C=O) groups excluding carboxylic acids is 1. The number of rotatable bonds is 4. The summed E-state index contributed by atoms with van der Waals surface area (Å²) in [5.41, 5.74) is 1.08. The van der Waals surface area contributed by atoms with Crippen LogP contribution in [0.15, 0.2) is 53.5 Å². The van der Waals surface area contributed by atoms with E-state index in [1.54, 1.807) is 12.3 Å². The van der Waals surface area contributed by atoms with Gasteiger partial charge in [0, 0.05) is 25.8 Å². The maximum Gasteiger partial charge on any atom is 0.300 e. The number of nitrogens with zero attached hydrogens (tertiary/aromatic N) is 3. The molecule has 0 bridgehead atoms. The predicted octanol–water partition coefficient (Wildman–Crippen LogP) is 1.17. The van der Waals surface area contributed by atoms with Gasteiger partial charge in [-0.1, -0.05) is 30.3 Å². The summed E-state index contributed by atoms with van der Waals surface area (Å²) in [6, 6.07) is 12.9. The highest BCUT2D eigenvalue weighted by atomic mass is 16.5. The van der Waals surface area contributed by atoms with Crippen LogP contribution in [0.25, 0.3) is 5.65 Å². The van der Waals surface area contributed by atoms with E-state index in [4.69, 9.17) is 4.74 Å². The number of benzene rings is 1. The Morgan fingerprint density at radius 1 is 1.14 bits per heavy atom. The number of morpholine rings is 1. The number of hydrogen-bond acceptors (Lipinski definition) is 6. The second-order valence-corrected chi connectivity index (χ2v) is 6.50. The molecule has 0 aliphatic carbocycles. The van der Waals surface area contributed by atoms with Crippen LogP contribution in [-0.2, 0) is 11.3 Å². The molecule has 1 fully saturated rings. The SMILES string of the molecule is O=C(NCc1ccccc1)c1nc2ccc(N3CCOCC3)cn2c(=O)c1O. The van der Waals surface area contributed by atoms with E-state index < -0.39 is 17.2 Å². The molecule has 3 aromatic rings. The van der Waals surface area contributed by atoms with E-state index >= 15 is 0 Å². The van der Waals surface area contributed by atoms with Crippen molar-refractivity contribution < 1.29 is 14.6 Å². The minimum absolute atomic E-state index is 0.274. The minimum atomic E-state index is -0.676. The summed E-state index contributed by atoms with van der Waals surface area (Å²) < 4.78 is 6.60. The molecule has 8 heteroatoms. The molecule has 2 N–H and O–H groups in total. The topological polar surface area (TPSA) is 96.2 Å². The van der Waals surface area contributed by atoms with Crippen molar-refractivity contribution in [3.8, 4) is 5.75 Å². The second-order valence-electron chi connectivity index (χ2n) is 6.50. The number of amides is 1. The van der Waals surface area contributed by atoms with Gasteiger partial charge in [-0.3, -0.25) is 14.0 Å². The molecule has 4 rings (SSSR count). The van der Waals surface area contributed by atoms with Gasteiger partial charge in [-0.05, 0) is 17.7 Å². The molecule has 28 heavy (non-hydrogen) atoms. The van der Waals surface area contributed by atoms with Crippen molar-refractivity contribution >= 4 is 17.2 Å². The van der Waals surface area contributed by atoms with Crippen molar-refractivity contribution in [2.75, 3.05) is 31.2 Å². The number of carbonyl (C=O) groups is 1. The van der Waals surface area contributed by atoms with Crippen LogP contribution < -0.4 is 15.8 Å². The predicted molar refractivity (Wildman–Crippen MR) is 104 cm³/mol. The molecule has 0 spiro atoms. The van der Waals surface area contributed by atoms with Crippen LogP contribution in [0, 0.1) is 0 Å². The summed E-state index contributed by atoms with van der Waals surface area (Å²) in [6.07, 6.45) is 1.63. The lowest BCUT2D eigenvalue weighted by Gasteiger charge is -2.28. The Kier molecular flexibility index (Phi) is 4.94. The molecule has 1 aliphatic rings. The number of anilines is 1. The Hall–Kier alpha value is -3.39. The van der Waals surface area contributed by atoms with Crippen LogP contribution in [0.5, 0.6) is 5.75 Å². The molecule has 0 atom stereocenters. The smallest absolute Gasteiger partial charge is 0.300 e. The number of aromatic hydroxyl groups is 1. The normalized spacial score (nSPS) is 14.2. The van der Waals surface area contributed by atoms with E-state index in [0.717, 1.165) is 24.3 Å². The van der Waals surface area contributed by atoms with Gasteiger partial charge in [0.2, 0.25) is 5.75 Å². The maximum absolute atomic E-state index is 12.6. The Balaban J connectivity index is 1.62. The first-order valence-electron chi connectivity index (χ1n) is 9.04. The summed E-state index contributed by atoms with van der Waals surface area (Å²) in [5.74, 6) is -1.26. The summed E-state index contributed by atoms with van der Waals surface area (Å²) in [5, 5.41) is 13.0. The van der Waals surface area contributed by atoms with Gasteiger partial charge in [-0.25, -0.2) is 4.98 Å². The zero-order chi connectivity index (χ0) is 19.5. The highest BCUT2D eigenvalue weighted by molar-refractivity contribution is 5.95. The molecule has 3 heterocycles. The molecule has 1 aromatic carbocycles. The van der Waals surface area contributed by atoms with Gasteiger partial charge in [-0.15, -0.1) is 0 Å². The van der Waals surface area contributed by atoms with Gasteiger partial charge in [0.15, 0.2) is 5.69 Å². The number of aromatic nitrogens is 2. The molecule has 0 saturated carbocycles. The van der Waals surface area contributed by atoms with Crippen LogP contribution >= 0.6 is 0 Å². The summed E-state index contributed by atoms with van der Waals surface area (Å²) >= 11 is 0. The van der Waals surface area contributed by atoms with Crippen molar-refractivity contribution in [1.82, 2.24) is 14.7 Å². The average Bonchev–Trinajstić information content (AvgIpc) is 2.75. The number of fused-ring (bicyclic) bond motifs is 1. The average molecular weight is 380 g/mol. The largest absolute Gasteiger partial charge is 0.501 e. The quantitative estimate of drug-likeness (QED) is 0.705.